The molecule has 0 fully saturated rings. The molecular formula is C23H17F3O3S3. The molecular weight excluding hydrogens is 477 g/mol. The number of halogens is 3. The second kappa shape index (κ2) is 10.4. The van der Waals surface area contributed by atoms with Gasteiger partial charge in [-0.25, -0.2) is 8.42 Å². The van der Waals surface area contributed by atoms with Gasteiger partial charge >= 0.3 is 5.51 Å². The number of thiophene rings is 1. The van der Waals surface area contributed by atoms with Gasteiger partial charge in [-0.15, -0.1) is 0 Å². The Hall–Kier alpha value is -2.59. The molecule has 0 radical (unpaired) electrons. The molecule has 3 nitrogen and oxygen atoms in total. The van der Waals surface area contributed by atoms with E-state index in [1.807, 2.05) is 11.3 Å². The molecule has 1 unspecified atom stereocenters. The minimum absolute atomic E-state index is 0.0770. The smallest absolute Gasteiger partial charge is 0.485 e. The highest BCUT2D eigenvalue weighted by molar-refractivity contribution is 7.99. The van der Waals surface area contributed by atoms with Crippen LogP contribution in [0.3, 0.4) is 0 Å². The van der Waals surface area contributed by atoms with E-state index in [9.17, 15) is 13.2 Å². The van der Waals surface area contributed by atoms with Crippen molar-refractivity contribution in [2.75, 3.05) is 0 Å². The summed E-state index contributed by atoms with van der Waals surface area (Å²) in [6, 6.07) is 34.7. The van der Waals surface area contributed by atoms with Crippen molar-refractivity contribution >= 4 is 32.3 Å². The van der Waals surface area contributed by atoms with Gasteiger partial charge in [-0.2, -0.15) is 13.2 Å². The lowest BCUT2D eigenvalue weighted by Crippen LogP contribution is -2.21. The topological polar surface area (TPSA) is 57.2 Å². The predicted octanol–water partition coefficient (Wildman–Crippen LogP) is 6.56. The van der Waals surface area contributed by atoms with Gasteiger partial charge in [0.1, 0.15) is 10.9 Å². The van der Waals surface area contributed by atoms with E-state index in [1.165, 1.54) is 25.1 Å². The van der Waals surface area contributed by atoms with Gasteiger partial charge in [0.25, 0.3) is 0 Å². The summed E-state index contributed by atoms with van der Waals surface area (Å²) in [6.45, 7) is 0. The molecule has 0 bridgehead atoms. The first-order valence-electron chi connectivity index (χ1n) is 9.18. The van der Waals surface area contributed by atoms with Crippen LogP contribution in [-0.2, 0) is 21.0 Å². The predicted molar refractivity (Wildman–Crippen MR) is 121 cm³/mol. The fraction of sp³-hybridized carbons (Fsp3) is 0.0435. The molecule has 1 atom stereocenters. The van der Waals surface area contributed by atoms with Gasteiger partial charge < -0.3 is 4.55 Å². The van der Waals surface area contributed by atoms with E-state index in [2.05, 4.69) is 102 Å². The van der Waals surface area contributed by atoms with Crippen LogP contribution in [0, 0.1) is 0 Å². The van der Waals surface area contributed by atoms with Crippen LogP contribution in [0.15, 0.2) is 116 Å². The zero-order valence-electron chi connectivity index (χ0n) is 16.4. The summed E-state index contributed by atoms with van der Waals surface area (Å²) < 4.78 is 60.3. The highest BCUT2D eigenvalue weighted by Crippen LogP contribution is 2.38. The van der Waals surface area contributed by atoms with E-state index < -0.39 is 15.6 Å². The molecule has 32 heavy (non-hydrogen) atoms. The van der Waals surface area contributed by atoms with Crippen molar-refractivity contribution in [2.24, 2.45) is 0 Å². The number of hydrogen-bond donors (Lipinski definition) is 0. The minimum Gasteiger partial charge on any atom is -0.741 e. The van der Waals surface area contributed by atoms with E-state index in [0.29, 0.717) is 0 Å². The van der Waals surface area contributed by atoms with Crippen molar-refractivity contribution in [3.63, 3.8) is 0 Å². The second-order valence-corrected chi connectivity index (χ2v) is 10.9. The van der Waals surface area contributed by atoms with Crippen molar-refractivity contribution in [3.05, 3.63) is 102 Å². The molecule has 0 spiro atoms. The summed E-state index contributed by atoms with van der Waals surface area (Å²) in [6.07, 6.45) is 0. The molecule has 4 aromatic rings. The number of hydrogen-bond acceptors (Lipinski definition) is 4. The molecule has 9 heteroatoms. The van der Waals surface area contributed by atoms with Gasteiger partial charge in [-0.1, -0.05) is 72.0 Å². The van der Waals surface area contributed by atoms with Crippen LogP contribution in [-0.4, -0.2) is 18.5 Å². The molecule has 4 rings (SSSR count). The van der Waals surface area contributed by atoms with Crippen molar-refractivity contribution in [1.82, 2.24) is 0 Å². The van der Waals surface area contributed by atoms with E-state index in [0.717, 1.165) is 0 Å². The summed E-state index contributed by atoms with van der Waals surface area (Å²) in [5, 5.41) is 2.17. The first-order chi connectivity index (χ1) is 15.2. The lowest BCUT2D eigenvalue weighted by Gasteiger charge is -2.10. The zero-order chi connectivity index (χ0) is 23.2. The Morgan fingerprint density at radius 2 is 1.28 bits per heavy atom. The Labute approximate surface area is 191 Å². The van der Waals surface area contributed by atoms with Gasteiger partial charge in [0.05, 0.1) is 0 Å². The lowest BCUT2D eigenvalue weighted by molar-refractivity contribution is -0.0517. The first-order valence-corrected chi connectivity index (χ1v) is 12.7. The van der Waals surface area contributed by atoms with Gasteiger partial charge in [0.2, 0.25) is 4.21 Å². The largest absolute Gasteiger partial charge is 0.741 e. The van der Waals surface area contributed by atoms with E-state index >= 15 is 0 Å². The Morgan fingerprint density at radius 3 is 1.81 bits per heavy atom. The van der Waals surface area contributed by atoms with Crippen LogP contribution in [0.1, 0.15) is 0 Å². The third-order valence-electron chi connectivity index (χ3n) is 4.15. The van der Waals surface area contributed by atoms with E-state index in [1.54, 1.807) is 0 Å². The van der Waals surface area contributed by atoms with Gasteiger partial charge in [0, 0.05) is 11.6 Å². The fourth-order valence-corrected chi connectivity index (χ4v) is 6.31. The monoisotopic (exact) mass is 494 g/mol. The maximum absolute atomic E-state index is 10.7. The summed E-state index contributed by atoms with van der Waals surface area (Å²) >= 11 is 1.84. The first kappa shape index (κ1) is 24.1. The molecule has 3 aromatic carbocycles. The Morgan fingerprint density at radius 1 is 0.750 bits per heavy atom. The molecule has 0 aliphatic rings. The highest BCUT2D eigenvalue weighted by atomic mass is 32.2. The Balaban J connectivity index is 0.000000312. The van der Waals surface area contributed by atoms with Crippen molar-refractivity contribution in [1.29, 1.82) is 0 Å². The standard InChI is InChI=1S/C22H17S2.CHF3O3S/c1-3-10-18(11-4-1)20-14-7-8-15-21(20)24(22-16-9-17-23-22)19-12-5-2-6-13-19;2-1(3,4)8(5,6)7/h1-17H;(H,5,6,7)/q+1;/p-1. The summed E-state index contributed by atoms with van der Waals surface area (Å²) in [7, 11) is -6.17. The van der Waals surface area contributed by atoms with Crippen LogP contribution in [0.25, 0.3) is 11.1 Å². The van der Waals surface area contributed by atoms with Crippen LogP contribution >= 0.6 is 11.3 Å². The third-order valence-corrected chi connectivity index (χ3v) is 8.25. The molecule has 166 valence electrons. The highest BCUT2D eigenvalue weighted by Gasteiger charge is 2.37. The lowest BCUT2D eigenvalue weighted by atomic mass is 10.1. The molecule has 1 heterocycles. The van der Waals surface area contributed by atoms with Gasteiger partial charge in [-0.3, -0.25) is 0 Å². The molecule has 0 aliphatic heterocycles. The number of rotatable bonds is 4. The molecule has 0 saturated carbocycles. The van der Waals surface area contributed by atoms with Crippen molar-refractivity contribution in [2.45, 2.75) is 19.5 Å². The van der Waals surface area contributed by atoms with Gasteiger partial charge in [0.15, 0.2) is 19.9 Å². The summed E-state index contributed by atoms with van der Waals surface area (Å²) in [4.78, 5) is 2.75. The molecule has 0 aliphatic carbocycles. The minimum atomic E-state index is -6.09. The molecule has 0 saturated heterocycles. The number of alkyl halides is 3. The average Bonchev–Trinajstić information content (AvgIpc) is 3.29. The van der Waals surface area contributed by atoms with Crippen LogP contribution in [0.5, 0.6) is 0 Å². The average molecular weight is 495 g/mol. The van der Waals surface area contributed by atoms with Crippen molar-refractivity contribution < 1.29 is 26.1 Å². The fourth-order valence-electron chi connectivity index (χ4n) is 2.79. The molecule has 0 N–H and O–H groups in total. The summed E-state index contributed by atoms with van der Waals surface area (Å²) in [5.74, 6) is 0. The maximum atomic E-state index is 10.7. The van der Waals surface area contributed by atoms with E-state index in [-0.39, 0.29) is 10.9 Å². The maximum Gasteiger partial charge on any atom is 0.485 e. The zero-order valence-corrected chi connectivity index (χ0v) is 18.8. The van der Waals surface area contributed by atoms with Crippen molar-refractivity contribution in [3.8, 4) is 11.1 Å². The second-order valence-electron chi connectivity index (χ2n) is 6.31. The Kier molecular flexibility index (Phi) is 7.78. The van der Waals surface area contributed by atoms with Crippen LogP contribution in [0.4, 0.5) is 13.2 Å². The number of benzene rings is 3. The normalized spacial score (nSPS) is 12.5. The molecule has 1 aromatic heterocycles. The SMILES string of the molecule is O=S(=O)([O-])C(F)(F)F.c1ccc(-c2ccccc2[S+](c2ccccc2)c2cccs2)cc1. The molecule has 0 amide bonds. The Bertz CT molecular complexity index is 1230. The van der Waals surface area contributed by atoms with Crippen LogP contribution in [0.2, 0.25) is 0 Å². The van der Waals surface area contributed by atoms with Gasteiger partial charge in [-0.05, 0) is 41.3 Å². The summed E-state index contributed by atoms with van der Waals surface area (Å²) in [5.41, 5.74) is -3.05. The van der Waals surface area contributed by atoms with Crippen LogP contribution < -0.4 is 0 Å². The van der Waals surface area contributed by atoms with E-state index in [4.69, 9.17) is 13.0 Å². The third kappa shape index (κ3) is 6.01. The quantitative estimate of drug-likeness (QED) is 0.183.